The van der Waals surface area contributed by atoms with Gasteiger partial charge in [-0.05, 0) is 24.3 Å². The Kier molecular flexibility index (Phi) is 17.4. The second kappa shape index (κ2) is 18.5. The summed E-state index contributed by atoms with van der Waals surface area (Å²) < 4.78 is -17.5. The maximum absolute atomic E-state index is 6.55. The number of hydrogen-bond acceptors (Lipinski definition) is 0. The Labute approximate surface area is 447 Å². The van der Waals surface area contributed by atoms with Crippen LogP contribution in [0.1, 0.15) is 44.5 Å². The molecule has 0 aliphatic heterocycles. The van der Waals surface area contributed by atoms with E-state index in [9.17, 15) is 0 Å². The number of benzene rings is 4. The van der Waals surface area contributed by atoms with E-state index in [1.54, 1.807) is 0 Å². The zero-order valence-electron chi connectivity index (χ0n) is 26.6. The number of alkyl halides is 24. The number of rotatable bonds is 4. The summed E-state index contributed by atoms with van der Waals surface area (Å²) in [5.41, 5.74) is 0.260. The number of hydrogen-bond donors (Lipinski definition) is 0. The molecule has 0 aliphatic carbocycles. The molecule has 0 saturated heterocycles. The van der Waals surface area contributed by atoms with Crippen molar-refractivity contribution in [1.29, 1.82) is 0 Å². The largest absolute Gasteiger partial charge is 0.215 e. The standard InChI is InChI=1S/C32H12BCl24/c34-25(35,36)13-1-14(26(37,38)39)6-21(5-13)33(22-7-15(27(40,41)42)2-16(8-22)28(43,44)45,23-9-17(29(46,47)48)3-18(10-23)30(49,50)51)24-11-19(31(52,53)54)4-20(12-24)32(55,56)57/h1-12H/q-1. The van der Waals surface area contributed by atoms with Crippen LogP contribution in [0, 0.1) is 0 Å². The Morgan fingerprint density at radius 1 is 0.193 bits per heavy atom. The van der Waals surface area contributed by atoms with E-state index in [0.717, 1.165) is 0 Å². The maximum Gasteiger partial charge on any atom is 0.215 e. The van der Waals surface area contributed by atoms with Crippen molar-refractivity contribution in [2.45, 2.75) is 30.3 Å². The molecule has 0 fully saturated rings. The Bertz CT molecular complexity index is 1700. The second-order valence-electron chi connectivity index (χ2n) is 12.2. The van der Waals surface area contributed by atoms with Crippen molar-refractivity contribution in [3.05, 3.63) is 117 Å². The van der Waals surface area contributed by atoms with Gasteiger partial charge in [0.25, 0.3) is 0 Å². The maximum atomic E-state index is 6.55. The van der Waals surface area contributed by atoms with Gasteiger partial charge in [0.15, 0.2) is 0 Å². The summed E-state index contributed by atoms with van der Waals surface area (Å²) in [6, 6.07) is 17.0. The van der Waals surface area contributed by atoms with Gasteiger partial charge < -0.3 is 0 Å². The topological polar surface area (TPSA) is 0 Å². The van der Waals surface area contributed by atoms with Gasteiger partial charge >= 0.3 is 0 Å². The minimum atomic E-state index is -3.20. The molecule has 0 aliphatic rings. The Balaban J connectivity index is 2.62. The molecule has 0 radical (unpaired) electrons. The molecular weight excluding hydrogens is 1250 g/mol. The van der Waals surface area contributed by atoms with Crippen LogP contribution >= 0.6 is 278 Å². The fourth-order valence-electron chi connectivity index (χ4n) is 6.07. The van der Waals surface area contributed by atoms with Crippen molar-refractivity contribution < 1.29 is 0 Å². The Hall–Kier alpha value is 3.90. The highest BCUT2D eigenvalue weighted by Gasteiger charge is 2.42. The first-order chi connectivity index (χ1) is 25.3. The van der Waals surface area contributed by atoms with Gasteiger partial charge in [-0.25, -0.2) is 0 Å². The molecule has 57 heavy (non-hydrogen) atoms. The van der Waals surface area contributed by atoms with Crippen LogP contribution in [-0.2, 0) is 30.3 Å². The lowest BCUT2D eigenvalue weighted by molar-refractivity contribution is 1.17. The van der Waals surface area contributed by atoms with Crippen molar-refractivity contribution >= 4 is 306 Å². The normalized spacial score (nSPS) is 14.3. The van der Waals surface area contributed by atoms with Crippen LogP contribution in [0.15, 0.2) is 72.8 Å². The molecule has 0 unspecified atom stereocenters. The summed E-state index contributed by atoms with van der Waals surface area (Å²) >= 11 is 157. The molecule has 4 aromatic rings. The third kappa shape index (κ3) is 13.1. The van der Waals surface area contributed by atoms with E-state index in [0.29, 0.717) is 0 Å². The van der Waals surface area contributed by atoms with Crippen LogP contribution in [0.4, 0.5) is 0 Å². The molecule has 0 N–H and O–H groups in total. The molecule has 0 bridgehead atoms. The van der Waals surface area contributed by atoms with Crippen LogP contribution in [-0.4, -0.2) is 6.15 Å². The first-order valence-electron chi connectivity index (χ1n) is 14.6. The van der Waals surface area contributed by atoms with Crippen molar-refractivity contribution in [1.82, 2.24) is 0 Å². The van der Waals surface area contributed by atoms with E-state index >= 15 is 0 Å². The highest BCUT2D eigenvalue weighted by Crippen LogP contribution is 2.48. The van der Waals surface area contributed by atoms with Crippen LogP contribution in [0.25, 0.3) is 0 Å². The third-order valence-electron chi connectivity index (χ3n) is 8.44. The molecule has 0 nitrogen and oxygen atoms in total. The van der Waals surface area contributed by atoms with E-state index in [1.807, 2.05) is 0 Å². The fraction of sp³-hybridized carbons (Fsp3) is 0.250. The molecule has 0 atom stereocenters. The SMILES string of the molecule is ClC(Cl)(Cl)c1cc([B-](c2cc(C(Cl)(Cl)Cl)cc(C(Cl)(Cl)Cl)c2)(c2cc(C(Cl)(Cl)Cl)cc(C(Cl)(Cl)Cl)c2)c2cc(C(Cl)(Cl)Cl)cc(C(Cl)(Cl)Cl)c2)cc(C(Cl)(Cl)Cl)c1. The van der Waals surface area contributed by atoms with Gasteiger partial charge in [-0.15, -0.1) is 0 Å². The first kappa shape index (κ1) is 53.5. The molecule has 0 amide bonds. The minimum absolute atomic E-state index is 0.0324. The predicted octanol–water partition coefficient (Wildman–Crippen LogP) is 17.7. The average Bonchev–Trinajstić information content (AvgIpc) is 3.01. The molecule has 4 rings (SSSR count). The zero-order chi connectivity index (χ0) is 43.9. The Morgan fingerprint density at radius 2 is 0.298 bits per heavy atom. The quantitative estimate of drug-likeness (QED) is 0.141. The molecule has 0 heterocycles. The summed E-state index contributed by atoms with van der Waals surface area (Å²) in [7, 11) is 0. The summed E-state index contributed by atoms with van der Waals surface area (Å²) in [5, 5.41) is 0. The molecular formula is C32H12BCl24-. The van der Waals surface area contributed by atoms with Crippen LogP contribution < -0.4 is 21.9 Å². The lowest BCUT2D eigenvalue weighted by Crippen LogP contribution is -2.75. The minimum Gasteiger partial charge on any atom is -0.194 e. The predicted molar refractivity (Wildman–Crippen MR) is 264 cm³/mol. The molecule has 0 aromatic heterocycles. The highest BCUT2D eigenvalue weighted by molar-refractivity contribution is 7.20. The molecule has 0 spiro atoms. The van der Waals surface area contributed by atoms with E-state index in [4.69, 9.17) is 278 Å². The Morgan fingerprint density at radius 3 is 0.386 bits per heavy atom. The smallest absolute Gasteiger partial charge is 0.194 e. The zero-order valence-corrected chi connectivity index (χ0v) is 44.7. The van der Waals surface area contributed by atoms with Gasteiger partial charge in [-0.3, -0.25) is 0 Å². The summed E-state index contributed by atoms with van der Waals surface area (Å²) in [4.78, 5) is 0. The van der Waals surface area contributed by atoms with Crippen molar-refractivity contribution in [3.8, 4) is 0 Å². The van der Waals surface area contributed by atoms with Gasteiger partial charge in [-0.1, -0.05) is 327 Å². The van der Waals surface area contributed by atoms with Crippen LogP contribution in [0.2, 0.25) is 0 Å². The van der Waals surface area contributed by atoms with E-state index < -0.39 is 36.5 Å². The van der Waals surface area contributed by atoms with Gasteiger partial charge in [0.05, 0.1) is 0 Å². The van der Waals surface area contributed by atoms with Gasteiger partial charge in [-0.2, -0.15) is 21.9 Å². The first-order valence-corrected chi connectivity index (χ1v) is 23.7. The lowest BCUT2D eigenvalue weighted by Gasteiger charge is -2.47. The monoisotopic (exact) mass is 1250 g/mol. The lowest BCUT2D eigenvalue weighted by atomic mass is 9.12. The number of halogens is 24. The van der Waals surface area contributed by atoms with Gasteiger partial charge in [0, 0.05) is 44.5 Å². The van der Waals surface area contributed by atoms with Crippen molar-refractivity contribution in [2.24, 2.45) is 0 Å². The summed E-state index contributed by atoms with van der Waals surface area (Å²) in [6.45, 7) is 0. The molecule has 312 valence electrons. The third-order valence-corrected chi connectivity index (χ3v) is 13.7. The van der Waals surface area contributed by atoms with E-state index in [2.05, 4.69) is 0 Å². The summed E-state index contributed by atoms with van der Waals surface area (Å²) in [6.07, 6.45) is -3.20. The fourth-order valence-corrected chi connectivity index (χ4v) is 8.69. The van der Waals surface area contributed by atoms with E-state index in [-0.39, 0.29) is 66.4 Å². The molecule has 4 aromatic carbocycles. The summed E-state index contributed by atoms with van der Waals surface area (Å²) in [5.74, 6) is 0. The second-order valence-corrected chi connectivity index (χ2v) is 30.5. The van der Waals surface area contributed by atoms with Crippen molar-refractivity contribution in [2.75, 3.05) is 0 Å². The van der Waals surface area contributed by atoms with Crippen LogP contribution in [0.3, 0.4) is 0 Å². The van der Waals surface area contributed by atoms with E-state index in [1.165, 1.54) is 72.8 Å². The average molecular weight is 1260 g/mol. The molecule has 0 saturated carbocycles. The highest BCUT2D eigenvalue weighted by atomic mass is 35.6. The van der Waals surface area contributed by atoms with Crippen LogP contribution in [0.5, 0.6) is 0 Å². The molecule has 25 heteroatoms. The van der Waals surface area contributed by atoms with Gasteiger partial charge in [0.2, 0.25) is 30.3 Å². The van der Waals surface area contributed by atoms with Crippen molar-refractivity contribution in [3.63, 3.8) is 0 Å². The van der Waals surface area contributed by atoms with Gasteiger partial charge in [0.1, 0.15) is 6.15 Å².